The summed E-state index contributed by atoms with van der Waals surface area (Å²) in [6.07, 6.45) is -2.14. The molecule has 0 aliphatic carbocycles. The number of ether oxygens (including phenoxy) is 1. The first-order valence-corrected chi connectivity index (χ1v) is 9.60. The first-order valence-electron chi connectivity index (χ1n) is 8.72. The van der Waals surface area contributed by atoms with Gasteiger partial charge in [0, 0.05) is 18.4 Å². The summed E-state index contributed by atoms with van der Waals surface area (Å²) in [6, 6.07) is 9.21. The van der Waals surface area contributed by atoms with Gasteiger partial charge in [0.2, 0.25) is 5.91 Å². The fraction of sp³-hybridized carbons (Fsp3) is 0.0952. The third-order valence-corrected chi connectivity index (χ3v) is 4.71. The lowest BCUT2D eigenvalue weighted by molar-refractivity contribution is -0.137. The van der Waals surface area contributed by atoms with Crippen molar-refractivity contribution in [1.82, 2.24) is 4.98 Å². The Kier molecular flexibility index (Phi) is 6.50. The van der Waals surface area contributed by atoms with Crippen molar-refractivity contribution < 1.29 is 31.9 Å². The number of rotatable bonds is 5. The number of halogens is 4. The number of thiazole rings is 1. The van der Waals surface area contributed by atoms with Gasteiger partial charge in [-0.3, -0.25) is 9.69 Å². The number of esters is 1. The molecule has 3 rings (SSSR count). The standard InChI is InChI=1S/C21H14F4N2O3S/c1-13(28)27(17-4-2-3-14(11-17)21(23,24)25)20-26-16(12-31-20)7-10-19(29)30-18-8-5-15(22)6-9-18/h2-12H,1H3/b10-7+. The molecule has 1 aromatic heterocycles. The number of carbonyl (C=O) groups is 2. The van der Waals surface area contributed by atoms with E-state index in [0.29, 0.717) is 5.69 Å². The minimum Gasteiger partial charge on any atom is -0.423 e. The molecule has 5 nitrogen and oxygen atoms in total. The van der Waals surface area contributed by atoms with E-state index in [2.05, 4.69) is 4.98 Å². The van der Waals surface area contributed by atoms with Crippen molar-refractivity contribution in [3.8, 4) is 5.75 Å². The van der Waals surface area contributed by atoms with Gasteiger partial charge in [-0.25, -0.2) is 14.2 Å². The maximum Gasteiger partial charge on any atom is 0.416 e. The van der Waals surface area contributed by atoms with Gasteiger partial charge in [0.15, 0.2) is 5.13 Å². The fourth-order valence-electron chi connectivity index (χ4n) is 2.51. The monoisotopic (exact) mass is 450 g/mol. The number of nitrogens with zero attached hydrogens (tertiary/aromatic N) is 2. The Morgan fingerprint density at radius 3 is 2.48 bits per heavy atom. The zero-order valence-corrected chi connectivity index (χ0v) is 16.7. The number of hydrogen-bond donors (Lipinski definition) is 0. The number of anilines is 2. The maximum absolute atomic E-state index is 13.0. The van der Waals surface area contributed by atoms with Gasteiger partial charge in [0.1, 0.15) is 11.6 Å². The second kappa shape index (κ2) is 9.09. The Bertz CT molecular complexity index is 1120. The average Bonchev–Trinajstić information content (AvgIpc) is 3.16. The summed E-state index contributed by atoms with van der Waals surface area (Å²) >= 11 is 1.02. The molecule has 10 heteroatoms. The molecule has 0 spiro atoms. The van der Waals surface area contributed by atoms with Crippen LogP contribution in [0.5, 0.6) is 5.75 Å². The van der Waals surface area contributed by atoms with Crippen LogP contribution in [0.4, 0.5) is 28.4 Å². The highest BCUT2D eigenvalue weighted by molar-refractivity contribution is 7.14. The Hall–Kier alpha value is -3.53. The summed E-state index contributed by atoms with van der Waals surface area (Å²) < 4.78 is 56.9. The van der Waals surface area contributed by atoms with E-state index < -0.39 is 29.4 Å². The number of carbonyl (C=O) groups excluding carboxylic acids is 2. The van der Waals surface area contributed by atoms with E-state index >= 15 is 0 Å². The van der Waals surface area contributed by atoms with Gasteiger partial charge in [0.25, 0.3) is 0 Å². The molecule has 0 saturated heterocycles. The highest BCUT2D eigenvalue weighted by atomic mass is 32.1. The topological polar surface area (TPSA) is 59.5 Å². The van der Waals surface area contributed by atoms with Gasteiger partial charge >= 0.3 is 12.1 Å². The number of alkyl halides is 3. The summed E-state index contributed by atoms with van der Waals surface area (Å²) in [4.78, 5) is 29.2. The van der Waals surface area contributed by atoms with E-state index in [0.717, 1.165) is 46.6 Å². The second-order valence-corrected chi connectivity index (χ2v) is 7.00. The van der Waals surface area contributed by atoms with Gasteiger partial charge in [-0.05, 0) is 48.5 Å². The van der Waals surface area contributed by atoms with Crippen molar-refractivity contribution in [1.29, 1.82) is 0 Å². The van der Waals surface area contributed by atoms with E-state index in [4.69, 9.17) is 4.74 Å². The quantitative estimate of drug-likeness (QED) is 0.220. The van der Waals surface area contributed by atoms with Gasteiger partial charge in [0.05, 0.1) is 16.9 Å². The van der Waals surface area contributed by atoms with E-state index in [1.54, 1.807) is 0 Å². The first kappa shape index (κ1) is 22.2. The van der Waals surface area contributed by atoms with Crippen LogP contribution >= 0.6 is 11.3 Å². The van der Waals surface area contributed by atoms with Gasteiger partial charge < -0.3 is 4.74 Å². The highest BCUT2D eigenvalue weighted by Gasteiger charge is 2.31. The van der Waals surface area contributed by atoms with E-state index in [9.17, 15) is 27.2 Å². The summed E-state index contributed by atoms with van der Waals surface area (Å²) in [5.74, 6) is -1.58. The lowest BCUT2D eigenvalue weighted by atomic mass is 10.2. The van der Waals surface area contributed by atoms with Crippen molar-refractivity contribution in [2.75, 3.05) is 4.90 Å². The van der Waals surface area contributed by atoms with E-state index in [1.807, 2.05) is 0 Å². The van der Waals surface area contributed by atoms with Crippen LogP contribution in [0.2, 0.25) is 0 Å². The minimum atomic E-state index is -4.56. The van der Waals surface area contributed by atoms with Crippen LogP contribution in [-0.4, -0.2) is 16.9 Å². The van der Waals surface area contributed by atoms with Crippen LogP contribution in [0.3, 0.4) is 0 Å². The molecule has 1 heterocycles. The van der Waals surface area contributed by atoms with Crippen molar-refractivity contribution in [2.45, 2.75) is 13.1 Å². The van der Waals surface area contributed by atoms with Crippen molar-refractivity contribution in [3.05, 3.63) is 77.1 Å². The lowest BCUT2D eigenvalue weighted by Crippen LogP contribution is -2.23. The molecule has 0 N–H and O–H groups in total. The molecule has 3 aromatic rings. The van der Waals surface area contributed by atoms with Gasteiger partial charge in [-0.2, -0.15) is 13.2 Å². The molecule has 0 radical (unpaired) electrons. The molecule has 0 unspecified atom stereocenters. The zero-order valence-electron chi connectivity index (χ0n) is 15.9. The number of amides is 1. The molecule has 0 bridgehead atoms. The van der Waals surface area contributed by atoms with Crippen molar-refractivity contribution >= 4 is 40.1 Å². The highest BCUT2D eigenvalue weighted by Crippen LogP contribution is 2.35. The van der Waals surface area contributed by atoms with Crippen molar-refractivity contribution in [2.24, 2.45) is 0 Å². The zero-order chi connectivity index (χ0) is 22.6. The first-order chi connectivity index (χ1) is 14.6. The minimum absolute atomic E-state index is 0.0166. The van der Waals surface area contributed by atoms with Crippen LogP contribution in [0.1, 0.15) is 18.2 Å². The Morgan fingerprint density at radius 1 is 1.13 bits per heavy atom. The smallest absolute Gasteiger partial charge is 0.416 e. The molecule has 2 aromatic carbocycles. The third-order valence-electron chi connectivity index (χ3n) is 3.87. The molecule has 0 aliphatic heterocycles. The number of aromatic nitrogens is 1. The number of hydrogen-bond acceptors (Lipinski definition) is 5. The molecule has 0 saturated carbocycles. The average molecular weight is 450 g/mol. The van der Waals surface area contributed by atoms with E-state index in [-0.39, 0.29) is 16.6 Å². The van der Waals surface area contributed by atoms with Crippen molar-refractivity contribution in [3.63, 3.8) is 0 Å². The molecule has 0 aliphatic rings. The summed E-state index contributed by atoms with van der Waals surface area (Å²) in [5.41, 5.74) is -0.575. The van der Waals surface area contributed by atoms with Crippen LogP contribution in [0, 0.1) is 5.82 Å². The van der Waals surface area contributed by atoms with Crippen LogP contribution in [0.15, 0.2) is 60.0 Å². The van der Waals surface area contributed by atoms with Crippen LogP contribution in [0.25, 0.3) is 6.08 Å². The van der Waals surface area contributed by atoms with E-state index in [1.165, 1.54) is 42.6 Å². The molecule has 31 heavy (non-hydrogen) atoms. The Balaban J connectivity index is 1.77. The molecule has 0 atom stereocenters. The Labute approximate surface area is 178 Å². The Morgan fingerprint density at radius 2 is 1.84 bits per heavy atom. The molecule has 1 amide bonds. The van der Waals surface area contributed by atoms with Gasteiger partial charge in [-0.15, -0.1) is 11.3 Å². The van der Waals surface area contributed by atoms with Crippen LogP contribution in [-0.2, 0) is 15.8 Å². The summed E-state index contributed by atoms with van der Waals surface area (Å²) in [5, 5.41) is 1.67. The predicted molar refractivity (Wildman–Crippen MR) is 107 cm³/mol. The second-order valence-electron chi connectivity index (χ2n) is 6.17. The third kappa shape index (κ3) is 5.76. The maximum atomic E-state index is 13.0. The lowest BCUT2D eigenvalue weighted by Gasteiger charge is -2.19. The van der Waals surface area contributed by atoms with Crippen LogP contribution < -0.4 is 9.64 Å². The summed E-state index contributed by atoms with van der Waals surface area (Å²) in [7, 11) is 0. The fourth-order valence-corrected chi connectivity index (χ4v) is 3.36. The molecule has 160 valence electrons. The number of benzene rings is 2. The predicted octanol–water partition coefficient (Wildman–Crippen LogP) is 5.60. The molecular formula is C21H14F4N2O3S. The normalized spacial score (nSPS) is 11.5. The van der Waals surface area contributed by atoms with Gasteiger partial charge in [-0.1, -0.05) is 6.07 Å². The SMILES string of the molecule is CC(=O)N(c1cccc(C(F)(F)F)c1)c1nc(/C=C/C(=O)Oc2ccc(F)cc2)cs1. The largest absolute Gasteiger partial charge is 0.423 e. The summed E-state index contributed by atoms with van der Waals surface area (Å²) in [6.45, 7) is 1.21. The molecule has 0 fully saturated rings. The molecular weight excluding hydrogens is 436 g/mol.